The van der Waals surface area contributed by atoms with E-state index in [9.17, 15) is 23.1 Å². The molecule has 1 amide bonds. The van der Waals surface area contributed by atoms with Crippen molar-refractivity contribution in [1.82, 2.24) is 10.3 Å². The molecule has 2 rings (SSSR count). The Labute approximate surface area is 114 Å². The molecule has 0 saturated heterocycles. The third-order valence-electron chi connectivity index (χ3n) is 3.44. The molecule has 0 atom stereocenters. The maximum absolute atomic E-state index is 12.3. The largest absolute Gasteiger partial charge is 0.417 e. The fraction of sp³-hybridized carbons (Fsp3) is 0.538. The van der Waals surface area contributed by atoms with Crippen molar-refractivity contribution in [1.29, 1.82) is 0 Å². The Hall–Kier alpha value is -1.63. The van der Waals surface area contributed by atoms with E-state index in [0.29, 0.717) is 19.0 Å². The van der Waals surface area contributed by atoms with Crippen molar-refractivity contribution < 1.29 is 23.1 Å². The number of carbonyl (C=O) groups excluding carboxylic acids is 1. The second-order valence-electron chi connectivity index (χ2n) is 5.04. The number of pyridine rings is 1. The minimum atomic E-state index is -4.47. The standard InChI is InChI=1S/C13H15F3N2O2/c14-13(15,16)9-3-4-10(17-7-9)11(19)18-8-12(20)5-1-2-6-12/h3-4,7,20H,1-2,5-6,8H2,(H,18,19). The van der Waals surface area contributed by atoms with Crippen LogP contribution in [0, 0.1) is 0 Å². The Morgan fingerprint density at radius 3 is 2.50 bits per heavy atom. The molecule has 20 heavy (non-hydrogen) atoms. The van der Waals surface area contributed by atoms with Crippen LogP contribution in [0.4, 0.5) is 13.2 Å². The van der Waals surface area contributed by atoms with Crippen molar-refractivity contribution in [2.45, 2.75) is 37.5 Å². The van der Waals surface area contributed by atoms with Crippen LogP contribution in [-0.4, -0.2) is 28.1 Å². The summed E-state index contributed by atoms with van der Waals surface area (Å²) >= 11 is 0. The molecule has 0 aliphatic heterocycles. The van der Waals surface area contributed by atoms with Gasteiger partial charge in [-0.15, -0.1) is 0 Å². The molecule has 2 N–H and O–H groups in total. The number of rotatable bonds is 3. The average molecular weight is 288 g/mol. The van der Waals surface area contributed by atoms with Gasteiger partial charge in [0.2, 0.25) is 0 Å². The number of amides is 1. The highest BCUT2D eigenvalue weighted by Crippen LogP contribution is 2.29. The first kappa shape index (κ1) is 14.8. The number of alkyl halides is 3. The number of halogens is 3. The van der Waals surface area contributed by atoms with Gasteiger partial charge in [-0.2, -0.15) is 13.2 Å². The molecule has 0 bridgehead atoms. The fourth-order valence-corrected chi connectivity index (χ4v) is 2.24. The zero-order chi connectivity index (χ0) is 14.8. The highest BCUT2D eigenvalue weighted by atomic mass is 19.4. The number of aromatic nitrogens is 1. The number of carbonyl (C=O) groups is 1. The second kappa shape index (κ2) is 5.40. The van der Waals surface area contributed by atoms with Crippen molar-refractivity contribution >= 4 is 5.91 Å². The summed E-state index contributed by atoms with van der Waals surface area (Å²) in [6, 6.07) is 1.84. The molecule has 1 aromatic rings. The summed E-state index contributed by atoms with van der Waals surface area (Å²) in [5.41, 5.74) is -1.90. The van der Waals surface area contributed by atoms with Crippen molar-refractivity contribution in [3.05, 3.63) is 29.6 Å². The van der Waals surface area contributed by atoms with Crippen molar-refractivity contribution in [3.63, 3.8) is 0 Å². The van der Waals surface area contributed by atoms with E-state index >= 15 is 0 Å². The molecule has 1 saturated carbocycles. The monoisotopic (exact) mass is 288 g/mol. The zero-order valence-corrected chi connectivity index (χ0v) is 10.7. The normalized spacial score (nSPS) is 18.0. The van der Waals surface area contributed by atoms with Crippen molar-refractivity contribution in [2.24, 2.45) is 0 Å². The molecule has 1 aromatic heterocycles. The van der Waals surface area contributed by atoms with Crippen LogP contribution in [0.1, 0.15) is 41.7 Å². The number of nitrogens with one attached hydrogen (secondary N) is 1. The Bertz CT molecular complexity index is 479. The first-order valence-electron chi connectivity index (χ1n) is 6.34. The third-order valence-corrected chi connectivity index (χ3v) is 3.44. The van der Waals surface area contributed by atoms with Gasteiger partial charge < -0.3 is 10.4 Å². The minimum absolute atomic E-state index is 0.0918. The predicted molar refractivity (Wildman–Crippen MR) is 65.0 cm³/mol. The SMILES string of the molecule is O=C(NCC1(O)CCCC1)c1ccc(C(F)(F)F)cn1. The topological polar surface area (TPSA) is 62.2 Å². The lowest BCUT2D eigenvalue weighted by atomic mass is 10.0. The van der Waals surface area contributed by atoms with Crippen LogP contribution in [0.2, 0.25) is 0 Å². The lowest BCUT2D eigenvalue weighted by Gasteiger charge is -2.22. The molecule has 0 radical (unpaired) electrons. The number of hydrogen-bond acceptors (Lipinski definition) is 3. The van der Waals surface area contributed by atoms with Gasteiger partial charge in [-0.25, -0.2) is 0 Å². The maximum Gasteiger partial charge on any atom is 0.417 e. The predicted octanol–water partition coefficient (Wildman–Crippen LogP) is 2.14. The second-order valence-corrected chi connectivity index (χ2v) is 5.04. The lowest BCUT2D eigenvalue weighted by molar-refractivity contribution is -0.137. The van der Waals surface area contributed by atoms with Crippen LogP contribution < -0.4 is 5.32 Å². The van der Waals surface area contributed by atoms with Crippen LogP contribution in [0.3, 0.4) is 0 Å². The van der Waals surface area contributed by atoms with Gasteiger partial charge in [0.15, 0.2) is 0 Å². The van der Waals surface area contributed by atoms with Gasteiger partial charge in [0.1, 0.15) is 5.69 Å². The van der Waals surface area contributed by atoms with E-state index in [1.165, 1.54) is 0 Å². The Kier molecular flexibility index (Phi) is 3.99. The van der Waals surface area contributed by atoms with E-state index < -0.39 is 23.2 Å². The summed E-state index contributed by atoms with van der Waals surface area (Å²) in [7, 11) is 0. The third kappa shape index (κ3) is 3.47. The van der Waals surface area contributed by atoms with E-state index in [2.05, 4.69) is 10.3 Å². The molecular weight excluding hydrogens is 273 g/mol. The maximum atomic E-state index is 12.3. The molecular formula is C13H15F3N2O2. The number of hydrogen-bond donors (Lipinski definition) is 2. The van der Waals surface area contributed by atoms with Gasteiger partial charge in [0.25, 0.3) is 5.91 Å². The molecule has 1 aliphatic rings. The fourth-order valence-electron chi connectivity index (χ4n) is 2.24. The van der Waals surface area contributed by atoms with E-state index in [1.807, 2.05) is 0 Å². The number of aliphatic hydroxyl groups is 1. The van der Waals surface area contributed by atoms with Crippen LogP contribution in [-0.2, 0) is 6.18 Å². The molecule has 1 aliphatic carbocycles. The van der Waals surface area contributed by atoms with Crippen LogP contribution in [0.15, 0.2) is 18.3 Å². The Morgan fingerprint density at radius 1 is 1.35 bits per heavy atom. The minimum Gasteiger partial charge on any atom is -0.388 e. The first-order valence-corrected chi connectivity index (χ1v) is 6.34. The van der Waals surface area contributed by atoms with Crippen LogP contribution >= 0.6 is 0 Å². The summed E-state index contributed by atoms with van der Waals surface area (Å²) in [4.78, 5) is 15.2. The molecule has 110 valence electrons. The van der Waals surface area contributed by atoms with Crippen LogP contribution in [0.5, 0.6) is 0 Å². The molecule has 0 unspecified atom stereocenters. The van der Waals surface area contributed by atoms with Crippen molar-refractivity contribution in [2.75, 3.05) is 6.54 Å². The van der Waals surface area contributed by atoms with Gasteiger partial charge in [-0.3, -0.25) is 9.78 Å². The van der Waals surface area contributed by atoms with Gasteiger partial charge in [-0.05, 0) is 25.0 Å². The number of nitrogens with zero attached hydrogens (tertiary/aromatic N) is 1. The van der Waals surface area contributed by atoms with E-state index in [0.717, 1.165) is 25.0 Å². The van der Waals surface area contributed by atoms with Gasteiger partial charge in [0, 0.05) is 12.7 Å². The zero-order valence-electron chi connectivity index (χ0n) is 10.7. The Balaban J connectivity index is 1.96. The van der Waals surface area contributed by atoms with E-state index in [4.69, 9.17) is 0 Å². The smallest absolute Gasteiger partial charge is 0.388 e. The molecule has 1 heterocycles. The Morgan fingerprint density at radius 2 is 2.00 bits per heavy atom. The molecule has 4 nitrogen and oxygen atoms in total. The van der Waals surface area contributed by atoms with Crippen molar-refractivity contribution in [3.8, 4) is 0 Å². The van der Waals surface area contributed by atoms with Gasteiger partial charge in [-0.1, -0.05) is 12.8 Å². The highest BCUT2D eigenvalue weighted by Gasteiger charge is 2.32. The summed E-state index contributed by atoms with van der Waals surface area (Å²) in [5.74, 6) is -0.584. The highest BCUT2D eigenvalue weighted by molar-refractivity contribution is 5.92. The lowest BCUT2D eigenvalue weighted by Crippen LogP contribution is -2.41. The molecule has 0 aromatic carbocycles. The van der Waals surface area contributed by atoms with E-state index in [1.54, 1.807) is 0 Å². The summed E-state index contributed by atoms with van der Waals surface area (Å²) in [6.07, 6.45) is -0.794. The summed E-state index contributed by atoms with van der Waals surface area (Å²) in [6.45, 7) is 0.0918. The first-order chi connectivity index (χ1) is 9.30. The van der Waals surface area contributed by atoms with E-state index in [-0.39, 0.29) is 12.2 Å². The molecule has 1 fully saturated rings. The quantitative estimate of drug-likeness (QED) is 0.895. The van der Waals surface area contributed by atoms with Gasteiger partial charge >= 0.3 is 6.18 Å². The molecule has 0 spiro atoms. The van der Waals surface area contributed by atoms with Crippen LogP contribution in [0.25, 0.3) is 0 Å². The average Bonchev–Trinajstić information content (AvgIpc) is 2.83. The molecule has 7 heteroatoms. The van der Waals surface area contributed by atoms with Gasteiger partial charge in [0.05, 0.1) is 11.2 Å². The summed E-state index contributed by atoms with van der Waals surface area (Å²) in [5, 5.41) is 12.6. The summed E-state index contributed by atoms with van der Waals surface area (Å²) < 4.78 is 37.0.